The lowest BCUT2D eigenvalue weighted by Gasteiger charge is -2.37. The summed E-state index contributed by atoms with van der Waals surface area (Å²) in [5, 5.41) is 34.0. The summed E-state index contributed by atoms with van der Waals surface area (Å²) in [6.07, 6.45) is 15.3. The summed E-state index contributed by atoms with van der Waals surface area (Å²) in [6.45, 7) is 5.77. The molecule has 0 unspecified atom stereocenters. The van der Waals surface area contributed by atoms with Crippen LogP contribution in [-0.4, -0.2) is 87.3 Å². The molecule has 3 aliphatic heterocycles. The molecule has 73 heavy (non-hydrogen) atoms. The van der Waals surface area contributed by atoms with Gasteiger partial charge in [-0.15, -0.1) is 0 Å². The molecule has 0 bridgehead atoms. The number of hydrogen-bond donors (Lipinski definition) is 3. The molecule has 10 rings (SSSR count). The number of aryl methyl sites for hydroxylation is 4. The molecule has 0 spiro atoms. The van der Waals surface area contributed by atoms with Crippen LogP contribution in [0.25, 0.3) is 0 Å². The fourth-order valence-corrected chi connectivity index (χ4v) is 14.6. The number of carbonyl (C=O) groups is 3. The van der Waals surface area contributed by atoms with Crippen molar-refractivity contribution in [3.8, 4) is 0 Å². The first-order chi connectivity index (χ1) is 34.5. The second-order valence-electron chi connectivity index (χ2n) is 20.1. The molecule has 3 amide bonds. The minimum absolute atomic E-state index is 0. The zero-order valence-corrected chi connectivity index (χ0v) is 46.3. The van der Waals surface area contributed by atoms with E-state index in [-0.39, 0.29) is 55.2 Å². The van der Waals surface area contributed by atoms with Gasteiger partial charge in [-0.3, -0.25) is 30.0 Å². The summed E-state index contributed by atoms with van der Waals surface area (Å²) < 4.78 is 5.22. The minimum Gasteiger partial charge on any atom is -0.343 e. The van der Waals surface area contributed by atoms with Crippen LogP contribution in [0.3, 0.4) is 0 Å². The van der Waals surface area contributed by atoms with Gasteiger partial charge in [0.05, 0.1) is 22.7 Å². The van der Waals surface area contributed by atoms with Gasteiger partial charge in [0.2, 0.25) is 53.9 Å². The van der Waals surface area contributed by atoms with Crippen molar-refractivity contribution in [2.45, 2.75) is 103 Å². The molecule has 5 aromatic rings. The van der Waals surface area contributed by atoms with Crippen LogP contribution < -0.4 is 14.2 Å². The Morgan fingerprint density at radius 3 is 1.73 bits per heavy atom. The van der Waals surface area contributed by atoms with Crippen LogP contribution in [0.5, 0.6) is 0 Å². The Bertz CT molecular complexity index is 2770. The van der Waals surface area contributed by atoms with E-state index in [0.29, 0.717) is 58.6 Å². The summed E-state index contributed by atoms with van der Waals surface area (Å²) in [5.74, 6) is 1.03. The van der Waals surface area contributed by atoms with Gasteiger partial charge in [-0.1, -0.05) is 69.8 Å². The molecule has 3 aromatic heterocycles. The molecule has 2 atom stereocenters. The highest BCUT2D eigenvalue weighted by molar-refractivity contribution is 9.10. The number of pyridine rings is 3. The average molecular weight is 1210 g/mol. The lowest BCUT2D eigenvalue weighted by atomic mass is 9.76. The van der Waals surface area contributed by atoms with E-state index in [2.05, 4.69) is 37.9 Å². The molecule has 6 heterocycles. The Kier molecular flexibility index (Phi) is 17.9. The van der Waals surface area contributed by atoms with Gasteiger partial charge < -0.3 is 14.7 Å². The second-order valence-corrected chi connectivity index (χ2v) is 23.5. The highest BCUT2D eigenvalue weighted by Crippen LogP contribution is 2.48. The monoisotopic (exact) mass is 1200 g/mol. The number of piperidine rings is 3. The number of halogens is 6. The van der Waals surface area contributed by atoms with Crippen molar-refractivity contribution in [1.82, 2.24) is 14.7 Å². The number of hydrogen-bond acceptors (Lipinski definition) is 6. The van der Waals surface area contributed by atoms with E-state index in [9.17, 15) is 30.0 Å². The predicted octanol–water partition coefficient (Wildman–Crippen LogP) is 10.6. The summed E-state index contributed by atoms with van der Waals surface area (Å²) in [5.41, 5.74) is 9.15. The van der Waals surface area contributed by atoms with E-state index in [1.807, 2.05) is 45.0 Å². The van der Waals surface area contributed by atoms with Crippen LogP contribution in [0.2, 0.25) is 20.1 Å². The molecule has 18 heteroatoms. The van der Waals surface area contributed by atoms with Gasteiger partial charge >= 0.3 is 0 Å². The van der Waals surface area contributed by atoms with Gasteiger partial charge in [0.15, 0.2) is 0 Å². The van der Waals surface area contributed by atoms with Gasteiger partial charge in [0.25, 0.3) is 0 Å². The maximum absolute atomic E-state index is 13.2. The zero-order chi connectivity index (χ0) is 51.0. The highest BCUT2D eigenvalue weighted by Gasteiger charge is 2.43. The zero-order valence-electron chi connectivity index (χ0n) is 40.1. The Morgan fingerprint density at radius 2 is 1.12 bits per heavy atom. The number of aromatic nitrogens is 3. The normalized spacial score (nSPS) is 19.2. The molecule has 2 aliphatic carbocycles. The van der Waals surface area contributed by atoms with Gasteiger partial charge in [0, 0.05) is 109 Å². The quantitative estimate of drug-likeness (QED) is 0.115. The first kappa shape index (κ1) is 55.1. The molecule has 0 saturated carbocycles. The van der Waals surface area contributed by atoms with Gasteiger partial charge in [-0.2, -0.15) is 0 Å². The van der Waals surface area contributed by atoms with Gasteiger partial charge in [-0.05, 0) is 163 Å². The number of fused-ring (bicyclic) bond motifs is 4. The Labute approximate surface area is 464 Å². The Morgan fingerprint density at radius 1 is 0.616 bits per heavy atom. The SMILES string of the molecule is C.CC(=O)N1CCC(CC(=O)N2CCC([C@@H]3c4c(Cl)cc(Cl)cc4CCc4cc(Cl)c[n+](O)c43)CC2)CC1.O=C(Cc1ccc[n+](O)c1)N1CCC([C@@H]2c3c(Br)cc(Cl)cc3CCc3cc(Br)c[n+](O)c32)CC1. The van der Waals surface area contributed by atoms with Crippen molar-refractivity contribution in [1.29, 1.82) is 0 Å². The molecule has 3 N–H and O–H groups in total. The molecule has 3 saturated heterocycles. The standard InChI is InChI=1S/C28H33Cl3N3O3.C26H26Br2ClN3O3.CH4/c1-17(35)32-8-4-18(5-9-32)12-25(36)33-10-6-19(7-11-33)27-26-20(13-22(29)15-24(26)31)2-3-21-14-23(30)16-34(37)28(21)27;27-20-11-19-4-3-18-12-21(29)13-22(28)24(18)25(26(19)32(35)15-20)17-5-8-30(9-6-17)23(33)10-16-2-1-7-31(34)14-16;/h13-16,18-19,27,37H,2-12H2,1H3;1-2,7,11-15,17,25,34-35H,3-6,8-10H2;1H4/q+1;+2;/t27-;25-;/m11./s1. The fourth-order valence-electron chi connectivity index (χ4n) is 12.1. The lowest BCUT2D eigenvalue weighted by molar-refractivity contribution is -0.911. The largest absolute Gasteiger partial charge is 0.343 e. The number of likely N-dealkylation sites (tertiary alicyclic amines) is 3. The van der Waals surface area contributed by atoms with Crippen molar-refractivity contribution >= 4 is 96.0 Å². The lowest BCUT2D eigenvalue weighted by Crippen LogP contribution is -2.44. The maximum Gasteiger partial charge on any atom is 0.245 e. The number of amides is 3. The van der Waals surface area contributed by atoms with E-state index < -0.39 is 0 Å². The maximum atomic E-state index is 13.2. The van der Waals surface area contributed by atoms with Crippen molar-refractivity contribution in [3.63, 3.8) is 0 Å². The Balaban J connectivity index is 0.000000192. The number of carbonyl (C=O) groups excluding carboxylic acids is 3. The number of rotatable bonds is 6. The first-order valence-electron chi connectivity index (χ1n) is 24.8. The highest BCUT2D eigenvalue weighted by atomic mass is 79.9. The molecule has 0 radical (unpaired) electrons. The molecule has 12 nitrogen and oxygen atoms in total. The van der Waals surface area contributed by atoms with E-state index in [1.165, 1.54) is 33.0 Å². The van der Waals surface area contributed by atoms with Crippen molar-refractivity contribution in [2.75, 3.05) is 39.3 Å². The molecule has 388 valence electrons. The van der Waals surface area contributed by atoms with Crippen LogP contribution in [0, 0.1) is 17.8 Å². The number of nitrogens with zero attached hydrogens (tertiary/aromatic N) is 6. The topological polar surface area (TPSA) is 133 Å². The van der Waals surface area contributed by atoms with Crippen molar-refractivity contribution < 1.29 is 44.2 Å². The first-order valence-corrected chi connectivity index (χ1v) is 27.9. The molecule has 2 aromatic carbocycles. The van der Waals surface area contributed by atoms with Crippen molar-refractivity contribution in [2.24, 2.45) is 17.8 Å². The van der Waals surface area contributed by atoms with Gasteiger partial charge in [-0.25, -0.2) is 0 Å². The van der Waals surface area contributed by atoms with Gasteiger partial charge in [0.1, 0.15) is 5.02 Å². The third-order valence-corrected chi connectivity index (χ3v) is 17.7. The third kappa shape index (κ3) is 12.4. The molecule has 5 aliphatic rings. The molecule has 3 fully saturated rings. The predicted molar refractivity (Wildman–Crippen MR) is 287 cm³/mol. The van der Waals surface area contributed by atoms with E-state index in [4.69, 9.17) is 46.4 Å². The summed E-state index contributed by atoms with van der Waals surface area (Å²) in [7, 11) is 0. The minimum atomic E-state index is -0.118. The van der Waals surface area contributed by atoms with E-state index in [1.54, 1.807) is 31.5 Å². The van der Waals surface area contributed by atoms with Crippen molar-refractivity contribution in [3.05, 3.63) is 153 Å². The third-order valence-electron chi connectivity index (χ3n) is 15.6. The van der Waals surface area contributed by atoms with Crippen LogP contribution >= 0.6 is 78.3 Å². The van der Waals surface area contributed by atoms with E-state index in [0.717, 1.165) is 130 Å². The van der Waals surface area contributed by atoms with Crippen LogP contribution in [0.15, 0.2) is 82.3 Å². The summed E-state index contributed by atoms with van der Waals surface area (Å²) in [6, 6.07) is 15.4. The van der Waals surface area contributed by atoms with E-state index >= 15 is 0 Å². The molecular weight excluding hydrogens is 1140 g/mol. The summed E-state index contributed by atoms with van der Waals surface area (Å²) in [4.78, 5) is 43.5. The summed E-state index contributed by atoms with van der Waals surface area (Å²) >= 11 is 33.2. The Hall–Kier alpha value is -4.18. The molecular formula is C55H63Br2Cl4N6O6+3. The van der Waals surface area contributed by atoms with Crippen LogP contribution in [0.4, 0.5) is 0 Å². The second kappa shape index (κ2) is 23.8. The van der Waals surface area contributed by atoms with Crippen LogP contribution in [0.1, 0.15) is 121 Å². The fraction of sp³-hybridized carbons (Fsp3) is 0.455. The average Bonchev–Trinajstić information content (AvgIpc) is 3.61. The smallest absolute Gasteiger partial charge is 0.245 e. The number of benzene rings is 2. The van der Waals surface area contributed by atoms with Crippen LogP contribution in [-0.2, 0) is 46.5 Å².